The molecular weight excluding hydrogens is 300 g/mol. The Morgan fingerprint density at radius 3 is 2.53 bits per heavy atom. The maximum absolute atomic E-state index is 4.29. The van der Waals surface area contributed by atoms with E-state index in [0.717, 1.165) is 15.7 Å². The van der Waals surface area contributed by atoms with Gasteiger partial charge < -0.3 is 0 Å². The van der Waals surface area contributed by atoms with E-state index in [1.54, 1.807) is 0 Å². The van der Waals surface area contributed by atoms with Crippen LogP contribution in [0.25, 0.3) is 0 Å². The number of nitrogens with one attached hydrogen (secondary N) is 1. The van der Waals surface area contributed by atoms with Crippen molar-refractivity contribution in [3.8, 4) is 0 Å². The first-order chi connectivity index (χ1) is 9.16. The average molecular weight is 317 g/mol. The number of hydrogen-bond donors (Lipinski definition) is 1. The van der Waals surface area contributed by atoms with E-state index < -0.39 is 0 Å². The van der Waals surface area contributed by atoms with E-state index in [2.05, 4.69) is 52.4 Å². The van der Waals surface area contributed by atoms with Gasteiger partial charge in [0.05, 0.1) is 11.9 Å². The van der Waals surface area contributed by atoms with E-state index >= 15 is 0 Å². The van der Waals surface area contributed by atoms with E-state index in [1.807, 2.05) is 42.6 Å². The molecule has 0 saturated carbocycles. The van der Waals surface area contributed by atoms with Gasteiger partial charge in [-0.05, 0) is 41.3 Å². The number of nitrogens with zero attached hydrogens (tertiary/aromatic N) is 1. The molecule has 2 aromatic carbocycles. The van der Waals surface area contributed by atoms with Crippen LogP contribution in [0.5, 0.6) is 0 Å². The molecule has 0 spiro atoms. The monoisotopic (exact) mass is 316 g/mol. The molecule has 0 aliphatic rings. The Morgan fingerprint density at radius 1 is 1.11 bits per heavy atom. The summed E-state index contributed by atoms with van der Waals surface area (Å²) in [7, 11) is 0. The van der Waals surface area contributed by atoms with E-state index in [1.165, 1.54) is 5.56 Å². The molecule has 0 saturated heterocycles. The normalized spacial score (nSPS) is 11.2. The largest absolute Gasteiger partial charge is 0.279 e. The fourth-order valence-corrected chi connectivity index (χ4v) is 2.23. The van der Waals surface area contributed by atoms with Crippen LogP contribution in [0.1, 0.15) is 30.9 Å². The molecule has 2 aromatic rings. The SMILES string of the molecule is CC(C)c1cc(Br)ccc1C=NNc1ccccc1. The van der Waals surface area contributed by atoms with Crippen molar-refractivity contribution in [3.05, 3.63) is 64.1 Å². The molecule has 0 bridgehead atoms. The number of hydrogen-bond acceptors (Lipinski definition) is 2. The van der Waals surface area contributed by atoms with Crippen LogP contribution >= 0.6 is 15.9 Å². The molecule has 0 aromatic heterocycles. The minimum atomic E-state index is 0.468. The Balaban J connectivity index is 2.15. The first kappa shape index (κ1) is 13.8. The molecule has 0 aliphatic carbocycles. The molecule has 0 unspecified atom stereocenters. The van der Waals surface area contributed by atoms with Crippen molar-refractivity contribution in [2.75, 3.05) is 5.43 Å². The third-order valence-electron chi connectivity index (χ3n) is 2.84. The second-order valence-corrected chi connectivity index (χ2v) is 5.58. The quantitative estimate of drug-likeness (QED) is 0.621. The van der Waals surface area contributed by atoms with Crippen molar-refractivity contribution < 1.29 is 0 Å². The molecule has 0 amide bonds. The summed E-state index contributed by atoms with van der Waals surface area (Å²) in [6.07, 6.45) is 1.87. The Hall–Kier alpha value is -1.61. The lowest BCUT2D eigenvalue weighted by Crippen LogP contribution is -1.97. The van der Waals surface area contributed by atoms with Gasteiger partial charge in [0.1, 0.15) is 0 Å². The summed E-state index contributed by atoms with van der Waals surface area (Å²) in [4.78, 5) is 0. The highest BCUT2D eigenvalue weighted by Crippen LogP contribution is 2.22. The molecule has 0 fully saturated rings. The molecular formula is C16H17BrN2. The zero-order valence-electron chi connectivity index (χ0n) is 11.1. The van der Waals surface area contributed by atoms with Crippen molar-refractivity contribution in [2.45, 2.75) is 19.8 Å². The number of rotatable bonds is 4. The second-order valence-electron chi connectivity index (χ2n) is 4.66. The van der Waals surface area contributed by atoms with Crippen LogP contribution in [0.2, 0.25) is 0 Å². The van der Waals surface area contributed by atoms with Crippen molar-refractivity contribution in [2.24, 2.45) is 5.10 Å². The Morgan fingerprint density at radius 2 is 1.84 bits per heavy atom. The second kappa shape index (κ2) is 6.53. The van der Waals surface area contributed by atoms with Crippen LogP contribution in [0.4, 0.5) is 5.69 Å². The van der Waals surface area contributed by atoms with Crippen LogP contribution in [0.15, 0.2) is 58.1 Å². The molecule has 2 nitrogen and oxygen atoms in total. The lowest BCUT2D eigenvalue weighted by Gasteiger charge is -2.10. The van der Waals surface area contributed by atoms with Gasteiger partial charge >= 0.3 is 0 Å². The summed E-state index contributed by atoms with van der Waals surface area (Å²) in [6.45, 7) is 4.37. The molecule has 0 atom stereocenters. The topological polar surface area (TPSA) is 24.4 Å². The molecule has 0 radical (unpaired) electrons. The van der Waals surface area contributed by atoms with Crippen LogP contribution in [-0.4, -0.2) is 6.21 Å². The van der Waals surface area contributed by atoms with Gasteiger partial charge in [-0.1, -0.05) is 54.0 Å². The van der Waals surface area contributed by atoms with Gasteiger partial charge in [0.25, 0.3) is 0 Å². The molecule has 0 aliphatic heterocycles. The van der Waals surface area contributed by atoms with E-state index in [-0.39, 0.29) is 0 Å². The summed E-state index contributed by atoms with van der Waals surface area (Å²) in [5, 5.41) is 4.29. The van der Waals surface area contributed by atoms with Gasteiger partial charge in [0, 0.05) is 4.47 Å². The van der Waals surface area contributed by atoms with Crippen molar-refractivity contribution in [1.82, 2.24) is 0 Å². The van der Waals surface area contributed by atoms with Crippen LogP contribution < -0.4 is 5.43 Å². The van der Waals surface area contributed by atoms with Crippen molar-refractivity contribution >= 4 is 27.8 Å². The summed E-state index contributed by atoms with van der Waals surface area (Å²) >= 11 is 3.51. The summed E-state index contributed by atoms with van der Waals surface area (Å²) in [5.41, 5.74) is 6.45. The number of halogens is 1. The predicted molar refractivity (Wildman–Crippen MR) is 85.9 cm³/mol. The summed E-state index contributed by atoms with van der Waals surface area (Å²) in [5.74, 6) is 0.468. The Kier molecular flexibility index (Phi) is 4.74. The minimum absolute atomic E-state index is 0.468. The average Bonchev–Trinajstić information content (AvgIpc) is 2.41. The zero-order valence-corrected chi connectivity index (χ0v) is 12.7. The molecule has 1 N–H and O–H groups in total. The zero-order chi connectivity index (χ0) is 13.7. The van der Waals surface area contributed by atoms with E-state index in [9.17, 15) is 0 Å². The number of anilines is 1. The number of benzene rings is 2. The molecule has 3 heteroatoms. The van der Waals surface area contributed by atoms with Gasteiger partial charge in [-0.15, -0.1) is 0 Å². The van der Waals surface area contributed by atoms with Crippen LogP contribution in [0.3, 0.4) is 0 Å². The van der Waals surface area contributed by atoms with Crippen LogP contribution in [0, 0.1) is 0 Å². The van der Waals surface area contributed by atoms with Crippen molar-refractivity contribution in [3.63, 3.8) is 0 Å². The third kappa shape index (κ3) is 3.93. The number of hydrazone groups is 1. The minimum Gasteiger partial charge on any atom is -0.279 e. The maximum atomic E-state index is 4.29. The predicted octanol–water partition coefficient (Wildman–Crippen LogP) is 5.02. The van der Waals surface area contributed by atoms with Gasteiger partial charge in [-0.25, -0.2) is 0 Å². The van der Waals surface area contributed by atoms with Gasteiger partial charge in [-0.2, -0.15) is 5.10 Å². The highest BCUT2D eigenvalue weighted by Gasteiger charge is 2.05. The third-order valence-corrected chi connectivity index (χ3v) is 3.34. The summed E-state index contributed by atoms with van der Waals surface area (Å²) in [6, 6.07) is 16.2. The Labute approximate surface area is 122 Å². The lowest BCUT2D eigenvalue weighted by molar-refractivity contribution is 0.863. The van der Waals surface area contributed by atoms with Crippen LogP contribution in [-0.2, 0) is 0 Å². The van der Waals surface area contributed by atoms with Crippen molar-refractivity contribution in [1.29, 1.82) is 0 Å². The van der Waals surface area contributed by atoms with E-state index in [4.69, 9.17) is 0 Å². The standard InChI is InChI=1S/C16H17BrN2/c1-12(2)16-10-14(17)9-8-13(16)11-18-19-15-6-4-3-5-7-15/h3-12,19H,1-2H3. The molecule has 98 valence electrons. The molecule has 2 rings (SSSR count). The first-order valence-electron chi connectivity index (χ1n) is 6.30. The smallest absolute Gasteiger partial charge is 0.0561 e. The summed E-state index contributed by atoms with van der Waals surface area (Å²) < 4.78 is 1.10. The number of para-hydroxylation sites is 1. The fourth-order valence-electron chi connectivity index (χ4n) is 1.85. The van der Waals surface area contributed by atoms with Gasteiger partial charge in [0.2, 0.25) is 0 Å². The lowest BCUT2D eigenvalue weighted by atomic mass is 9.98. The van der Waals surface area contributed by atoms with E-state index in [0.29, 0.717) is 5.92 Å². The molecule has 19 heavy (non-hydrogen) atoms. The Bertz CT molecular complexity index is 562. The van der Waals surface area contributed by atoms with Gasteiger partial charge in [0.15, 0.2) is 0 Å². The fraction of sp³-hybridized carbons (Fsp3) is 0.188. The highest BCUT2D eigenvalue weighted by atomic mass is 79.9. The molecule has 0 heterocycles. The van der Waals surface area contributed by atoms with Gasteiger partial charge in [-0.3, -0.25) is 5.43 Å². The first-order valence-corrected chi connectivity index (χ1v) is 7.09. The highest BCUT2D eigenvalue weighted by molar-refractivity contribution is 9.10. The maximum Gasteiger partial charge on any atom is 0.0561 e.